The van der Waals surface area contributed by atoms with Crippen molar-refractivity contribution in [3.8, 4) is 0 Å². The van der Waals surface area contributed by atoms with Gasteiger partial charge in [0.25, 0.3) is 0 Å². The van der Waals surface area contributed by atoms with Crippen molar-refractivity contribution >= 4 is 16.8 Å². The maximum atomic E-state index is 11.2. The van der Waals surface area contributed by atoms with E-state index in [-0.39, 0.29) is 12.1 Å². The van der Waals surface area contributed by atoms with Gasteiger partial charge < -0.3 is 10.6 Å². The molecule has 0 bridgehead atoms. The second-order valence-corrected chi connectivity index (χ2v) is 4.87. The topological polar surface area (TPSA) is 58.2 Å². The second-order valence-electron chi connectivity index (χ2n) is 3.39. The molecule has 2 amide bonds. The van der Waals surface area contributed by atoms with Crippen LogP contribution in [0.1, 0.15) is 26.7 Å². The zero-order chi connectivity index (χ0) is 11.0. The SMILES string of the molecule is CCCCNC(=O)NC(C)CS(C)=O. The van der Waals surface area contributed by atoms with Gasteiger partial charge in [0.2, 0.25) is 0 Å². The van der Waals surface area contributed by atoms with Gasteiger partial charge in [-0.15, -0.1) is 0 Å². The predicted molar refractivity (Wildman–Crippen MR) is 59.8 cm³/mol. The van der Waals surface area contributed by atoms with Gasteiger partial charge in [0, 0.05) is 35.4 Å². The van der Waals surface area contributed by atoms with Gasteiger partial charge in [0.1, 0.15) is 0 Å². The molecule has 2 N–H and O–H groups in total. The minimum atomic E-state index is -0.862. The van der Waals surface area contributed by atoms with E-state index in [1.165, 1.54) is 0 Å². The van der Waals surface area contributed by atoms with Gasteiger partial charge in [-0.3, -0.25) is 4.21 Å². The maximum Gasteiger partial charge on any atom is 0.315 e. The van der Waals surface area contributed by atoms with Gasteiger partial charge in [-0.25, -0.2) is 4.79 Å². The van der Waals surface area contributed by atoms with Gasteiger partial charge >= 0.3 is 6.03 Å². The number of amides is 2. The van der Waals surface area contributed by atoms with Crippen LogP contribution in [0.25, 0.3) is 0 Å². The van der Waals surface area contributed by atoms with Crippen molar-refractivity contribution in [1.82, 2.24) is 10.6 Å². The van der Waals surface area contributed by atoms with Crippen LogP contribution in [0.3, 0.4) is 0 Å². The summed E-state index contributed by atoms with van der Waals surface area (Å²) in [5, 5.41) is 5.47. The minimum Gasteiger partial charge on any atom is -0.338 e. The van der Waals surface area contributed by atoms with Crippen LogP contribution in [-0.4, -0.2) is 34.8 Å². The molecule has 0 aliphatic heterocycles. The Labute approximate surface area is 88.3 Å². The quantitative estimate of drug-likeness (QED) is 0.652. The van der Waals surface area contributed by atoms with E-state index in [1.807, 2.05) is 6.92 Å². The minimum absolute atomic E-state index is 0.0394. The first-order chi connectivity index (χ1) is 6.56. The summed E-state index contributed by atoms with van der Waals surface area (Å²) >= 11 is 0. The molecule has 14 heavy (non-hydrogen) atoms. The highest BCUT2D eigenvalue weighted by molar-refractivity contribution is 7.84. The first kappa shape index (κ1) is 13.4. The maximum absolute atomic E-state index is 11.2. The van der Waals surface area contributed by atoms with Crippen molar-refractivity contribution in [1.29, 1.82) is 0 Å². The number of rotatable bonds is 6. The monoisotopic (exact) mass is 220 g/mol. The molecule has 0 rings (SSSR count). The molecule has 0 spiro atoms. The highest BCUT2D eigenvalue weighted by Crippen LogP contribution is 1.86. The van der Waals surface area contributed by atoms with Crippen LogP contribution in [-0.2, 0) is 10.8 Å². The van der Waals surface area contributed by atoms with E-state index in [0.29, 0.717) is 12.3 Å². The third-order valence-corrected chi connectivity index (χ3v) is 2.65. The van der Waals surface area contributed by atoms with Crippen molar-refractivity contribution in [2.75, 3.05) is 18.6 Å². The highest BCUT2D eigenvalue weighted by Gasteiger charge is 2.07. The Morgan fingerprint density at radius 2 is 2.14 bits per heavy atom. The van der Waals surface area contributed by atoms with E-state index in [4.69, 9.17) is 0 Å². The molecule has 84 valence electrons. The Morgan fingerprint density at radius 3 is 2.64 bits per heavy atom. The largest absolute Gasteiger partial charge is 0.338 e. The van der Waals surface area contributed by atoms with Crippen LogP contribution in [0, 0.1) is 0 Å². The van der Waals surface area contributed by atoms with Crippen molar-refractivity contribution in [3.05, 3.63) is 0 Å². The average Bonchev–Trinajstić information content (AvgIpc) is 2.02. The second kappa shape index (κ2) is 7.79. The van der Waals surface area contributed by atoms with Crippen molar-refractivity contribution in [2.24, 2.45) is 0 Å². The Morgan fingerprint density at radius 1 is 1.50 bits per heavy atom. The number of carbonyl (C=O) groups excluding carboxylic acids is 1. The van der Waals surface area contributed by atoms with Gasteiger partial charge in [0.15, 0.2) is 0 Å². The highest BCUT2D eigenvalue weighted by atomic mass is 32.2. The smallest absolute Gasteiger partial charge is 0.315 e. The summed E-state index contributed by atoms with van der Waals surface area (Å²) in [5.74, 6) is 0.501. The molecular formula is C9H20N2O2S. The van der Waals surface area contributed by atoms with E-state index in [1.54, 1.807) is 6.26 Å². The molecule has 2 unspecified atom stereocenters. The normalized spacial score (nSPS) is 14.5. The lowest BCUT2D eigenvalue weighted by Crippen LogP contribution is -2.43. The van der Waals surface area contributed by atoms with Gasteiger partial charge in [0.05, 0.1) is 0 Å². The molecule has 0 saturated heterocycles. The molecule has 5 heteroatoms. The molecule has 0 saturated carbocycles. The van der Waals surface area contributed by atoms with Crippen molar-refractivity contribution in [3.63, 3.8) is 0 Å². The van der Waals surface area contributed by atoms with E-state index in [0.717, 1.165) is 12.8 Å². The van der Waals surface area contributed by atoms with E-state index in [9.17, 15) is 9.00 Å². The summed E-state index contributed by atoms with van der Waals surface area (Å²) in [6.45, 7) is 4.62. The summed E-state index contributed by atoms with van der Waals surface area (Å²) < 4.78 is 10.8. The van der Waals surface area contributed by atoms with Crippen LogP contribution in [0.15, 0.2) is 0 Å². The van der Waals surface area contributed by atoms with Crippen LogP contribution in [0.4, 0.5) is 4.79 Å². The van der Waals surface area contributed by atoms with Crippen LogP contribution < -0.4 is 10.6 Å². The molecule has 2 atom stereocenters. The van der Waals surface area contributed by atoms with Gasteiger partial charge in [-0.1, -0.05) is 13.3 Å². The van der Waals surface area contributed by atoms with Gasteiger partial charge in [-0.2, -0.15) is 0 Å². The fourth-order valence-corrected chi connectivity index (χ4v) is 1.83. The van der Waals surface area contributed by atoms with Crippen LogP contribution in [0.2, 0.25) is 0 Å². The Bertz CT molecular complexity index is 197. The first-order valence-electron chi connectivity index (χ1n) is 4.90. The summed E-state index contributed by atoms with van der Waals surface area (Å²) in [5.41, 5.74) is 0. The van der Waals surface area contributed by atoms with E-state index >= 15 is 0 Å². The van der Waals surface area contributed by atoms with Gasteiger partial charge in [-0.05, 0) is 13.3 Å². The first-order valence-corrected chi connectivity index (χ1v) is 6.63. The molecule has 0 aromatic carbocycles. The fraction of sp³-hybridized carbons (Fsp3) is 0.889. The fourth-order valence-electron chi connectivity index (χ4n) is 1.05. The molecule has 4 nitrogen and oxygen atoms in total. The van der Waals surface area contributed by atoms with Crippen molar-refractivity contribution in [2.45, 2.75) is 32.7 Å². The number of carbonyl (C=O) groups is 1. The Kier molecular flexibility index (Phi) is 7.47. The van der Waals surface area contributed by atoms with E-state index < -0.39 is 10.8 Å². The number of hydrogen-bond acceptors (Lipinski definition) is 2. The number of hydrogen-bond donors (Lipinski definition) is 2. The van der Waals surface area contributed by atoms with E-state index in [2.05, 4.69) is 17.6 Å². The molecular weight excluding hydrogens is 200 g/mol. The number of unbranched alkanes of at least 4 members (excludes halogenated alkanes) is 1. The summed E-state index contributed by atoms with van der Waals surface area (Å²) in [6, 6.07) is -0.209. The lowest BCUT2D eigenvalue weighted by atomic mass is 10.3. The third kappa shape index (κ3) is 8.04. The third-order valence-electron chi connectivity index (χ3n) is 1.68. The van der Waals surface area contributed by atoms with Crippen molar-refractivity contribution < 1.29 is 9.00 Å². The standard InChI is InChI=1S/C9H20N2O2S/c1-4-5-6-10-9(12)11-8(2)7-14(3)13/h8H,4-7H2,1-3H3,(H2,10,11,12). The summed E-state index contributed by atoms with van der Waals surface area (Å²) in [6.07, 6.45) is 3.68. The lowest BCUT2D eigenvalue weighted by Gasteiger charge is -2.12. The Balaban J connectivity index is 3.55. The lowest BCUT2D eigenvalue weighted by molar-refractivity contribution is 0.238. The summed E-state index contributed by atoms with van der Waals surface area (Å²) in [4.78, 5) is 11.2. The predicted octanol–water partition coefficient (Wildman–Crippen LogP) is 0.853. The molecule has 0 heterocycles. The number of nitrogens with one attached hydrogen (secondary N) is 2. The molecule has 0 radical (unpaired) electrons. The number of urea groups is 1. The Hall–Kier alpha value is -0.580. The molecule has 0 aliphatic carbocycles. The van der Waals surface area contributed by atoms with Crippen LogP contribution in [0.5, 0.6) is 0 Å². The molecule has 0 aliphatic rings. The zero-order valence-corrected chi connectivity index (χ0v) is 9.95. The molecule has 0 aromatic heterocycles. The zero-order valence-electron chi connectivity index (χ0n) is 9.13. The molecule has 0 aromatic rings. The van der Waals surface area contributed by atoms with Crippen LogP contribution >= 0.6 is 0 Å². The summed E-state index contributed by atoms with van der Waals surface area (Å²) in [7, 11) is -0.862. The average molecular weight is 220 g/mol. The molecule has 0 fully saturated rings.